The van der Waals surface area contributed by atoms with Crippen molar-refractivity contribution < 1.29 is 9.90 Å². The normalized spacial score (nSPS) is 28.9. The maximum absolute atomic E-state index is 11.9. The fourth-order valence-electron chi connectivity index (χ4n) is 2.68. The maximum atomic E-state index is 11.9. The molecule has 0 aromatic carbocycles. The standard InChI is InChI=1S/C15H30N2O2/c1-4-13-6-8-15(19,9-7-13)11-17-14(18)12(3)10-16-5-2/h12-13,16,19H,4-11H2,1-3H3,(H,17,18). The molecule has 3 N–H and O–H groups in total. The zero-order chi connectivity index (χ0) is 14.3. The molecular weight excluding hydrogens is 240 g/mol. The Morgan fingerprint density at radius 3 is 2.53 bits per heavy atom. The van der Waals surface area contributed by atoms with E-state index in [-0.39, 0.29) is 11.8 Å². The number of carbonyl (C=O) groups excluding carboxylic acids is 1. The summed E-state index contributed by atoms with van der Waals surface area (Å²) in [7, 11) is 0. The molecule has 1 saturated carbocycles. The van der Waals surface area contributed by atoms with Crippen LogP contribution in [0.15, 0.2) is 0 Å². The molecule has 1 aliphatic rings. The van der Waals surface area contributed by atoms with E-state index >= 15 is 0 Å². The van der Waals surface area contributed by atoms with Crippen molar-refractivity contribution in [2.75, 3.05) is 19.6 Å². The van der Waals surface area contributed by atoms with Gasteiger partial charge in [0.05, 0.1) is 5.60 Å². The zero-order valence-electron chi connectivity index (χ0n) is 12.7. The minimum atomic E-state index is -0.681. The minimum Gasteiger partial charge on any atom is -0.388 e. The molecule has 1 rings (SSSR count). The van der Waals surface area contributed by atoms with E-state index in [1.165, 1.54) is 6.42 Å². The Hall–Kier alpha value is -0.610. The number of amides is 1. The van der Waals surface area contributed by atoms with E-state index in [0.29, 0.717) is 13.1 Å². The van der Waals surface area contributed by atoms with Gasteiger partial charge in [0.2, 0.25) is 5.91 Å². The molecule has 1 atom stereocenters. The van der Waals surface area contributed by atoms with Crippen LogP contribution in [0.25, 0.3) is 0 Å². The highest BCUT2D eigenvalue weighted by Gasteiger charge is 2.33. The van der Waals surface area contributed by atoms with E-state index in [1.807, 2.05) is 13.8 Å². The van der Waals surface area contributed by atoms with Crippen LogP contribution in [0, 0.1) is 11.8 Å². The number of hydrogen-bond acceptors (Lipinski definition) is 3. The van der Waals surface area contributed by atoms with Gasteiger partial charge in [0.1, 0.15) is 0 Å². The molecule has 1 unspecified atom stereocenters. The van der Waals surface area contributed by atoms with Crippen LogP contribution in [0.2, 0.25) is 0 Å². The van der Waals surface area contributed by atoms with Gasteiger partial charge in [0.25, 0.3) is 0 Å². The molecule has 1 amide bonds. The van der Waals surface area contributed by atoms with Crippen molar-refractivity contribution in [2.45, 2.75) is 58.5 Å². The fourth-order valence-corrected chi connectivity index (χ4v) is 2.68. The number of carbonyl (C=O) groups is 1. The highest BCUT2D eigenvalue weighted by Crippen LogP contribution is 2.33. The van der Waals surface area contributed by atoms with Gasteiger partial charge in [-0.1, -0.05) is 27.2 Å². The van der Waals surface area contributed by atoms with E-state index in [0.717, 1.165) is 38.1 Å². The van der Waals surface area contributed by atoms with E-state index in [4.69, 9.17) is 0 Å². The van der Waals surface area contributed by atoms with Crippen LogP contribution in [0.1, 0.15) is 52.9 Å². The molecule has 19 heavy (non-hydrogen) atoms. The third kappa shape index (κ3) is 5.49. The molecule has 0 saturated heterocycles. The third-order valence-corrected chi connectivity index (χ3v) is 4.35. The SMILES string of the molecule is CCNCC(C)C(=O)NCC1(O)CCC(CC)CC1. The van der Waals surface area contributed by atoms with Crippen LogP contribution in [-0.2, 0) is 4.79 Å². The van der Waals surface area contributed by atoms with Gasteiger partial charge < -0.3 is 15.7 Å². The summed E-state index contributed by atoms with van der Waals surface area (Å²) in [5.74, 6) is 0.742. The van der Waals surface area contributed by atoms with Crippen molar-refractivity contribution in [1.29, 1.82) is 0 Å². The Morgan fingerprint density at radius 1 is 1.37 bits per heavy atom. The summed E-state index contributed by atoms with van der Waals surface area (Å²) in [6, 6.07) is 0. The quantitative estimate of drug-likeness (QED) is 0.659. The largest absolute Gasteiger partial charge is 0.388 e. The Morgan fingerprint density at radius 2 is 2.00 bits per heavy atom. The van der Waals surface area contributed by atoms with E-state index in [1.54, 1.807) is 0 Å². The van der Waals surface area contributed by atoms with Gasteiger partial charge >= 0.3 is 0 Å². The molecule has 0 aromatic heterocycles. The van der Waals surface area contributed by atoms with Gasteiger partial charge in [-0.15, -0.1) is 0 Å². The zero-order valence-corrected chi connectivity index (χ0v) is 12.7. The molecule has 4 heteroatoms. The number of rotatable bonds is 7. The smallest absolute Gasteiger partial charge is 0.224 e. The highest BCUT2D eigenvalue weighted by atomic mass is 16.3. The van der Waals surface area contributed by atoms with E-state index < -0.39 is 5.60 Å². The van der Waals surface area contributed by atoms with Gasteiger partial charge in [-0.05, 0) is 38.1 Å². The van der Waals surface area contributed by atoms with Gasteiger partial charge in [-0.3, -0.25) is 4.79 Å². The lowest BCUT2D eigenvalue weighted by Gasteiger charge is -2.36. The van der Waals surface area contributed by atoms with Crippen molar-refractivity contribution in [3.05, 3.63) is 0 Å². The van der Waals surface area contributed by atoms with Crippen molar-refractivity contribution in [1.82, 2.24) is 10.6 Å². The number of aliphatic hydroxyl groups is 1. The first-order valence-electron chi connectivity index (χ1n) is 7.71. The van der Waals surface area contributed by atoms with Crippen LogP contribution in [0.3, 0.4) is 0 Å². The number of hydrogen-bond donors (Lipinski definition) is 3. The molecule has 4 nitrogen and oxygen atoms in total. The summed E-state index contributed by atoms with van der Waals surface area (Å²) in [4.78, 5) is 11.9. The summed E-state index contributed by atoms with van der Waals surface area (Å²) in [6.07, 6.45) is 4.98. The lowest BCUT2D eigenvalue weighted by molar-refractivity contribution is -0.126. The Labute approximate surface area is 117 Å². The van der Waals surface area contributed by atoms with Gasteiger partial charge in [0.15, 0.2) is 0 Å². The first kappa shape index (κ1) is 16.4. The van der Waals surface area contributed by atoms with Crippen LogP contribution in [-0.4, -0.2) is 36.2 Å². The van der Waals surface area contributed by atoms with E-state index in [2.05, 4.69) is 17.6 Å². The maximum Gasteiger partial charge on any atom is 0.224 e. The fraction of sp³-hybridized carbons (Fsp3) is 0.933. The van der Waals surface area contributed by atoms with Crippen LogP contribution in [0.4, 0.5) is 0 Å². The van der Waals surface area contributed by atoms with Gasteiger partial charge in [0, 0.05) is 19.0 Å². The predicted octanol–water partition coefficient (Wildman–Crippen LogP) is 1.68. The average molecular weight is 270 g/mol. The third-order valence-electron chi connectivity index (χ3n) is 4.35. The average Bonchev–Trinajstić information content (AvgIpc) is 2.43. The molecule has 0 bridgehead atoms. The Balaban J connectivity index is 2.29. The minimum absolute atomic E-state index is 0.0342. The van der Waals surface area contributed by atoms with Crippen molar-refractivity contribution in [3.63, 3.8) is 0 Å². The lowest BCUT2D eigenvalue weighted by Crippen LogP contribution is -2.47. The highest BCUT2D eigenvalue weighted by molar-refractivity contribution is 5.78. The second kappa shape index (κ2) is 7.85. The van der Waals surface area contributed by atoms with Crippen molar-refractivity contribution in [3.8, 4) is 0 Å². The molecule has 112 valence electrons. The second-order valence-corrected chi connectivity index (χ2v) is 6.00. The topological polar surface area (TPSA) is 61.4 Å². The van der Waals surface area contributed by atoms with Crippen LogP contribution >= 0.6 is 0 Å². The summed E-state index contributed by atoms with van der Waals surface area (Å²) >= 11 is 0. The summed E-state index contributed by atoms with van der Waals surface area (Å²) < 4.78 is 0. The second-order valence-electron chi connectivity index (χ2n) is 6.00. The first-order valence-corrected chi connectivity index (χ1v) is 7.71. The van der Waals surface area contributed by atoms with E-state index in [9.17, 15) is 9.90 Å². The van der Waals surface area contributed by atoms with Crippen LogP contribution < -0.4 is 10.6 Å². The lowest BCUT2D eigenvalue weighted by atomic mass is 9.78. The Kier molecular flexibility index (Phi) is 6.80. The van der Waals surface area contributed by atoms with Gasteiger partial charge in [-0.25, -0.2) is 0 Å². The Bertz CT molecular complexity index is 273. The molecule has 0 spiro atoms. The molecule has 0 aliphatic heterocycles. The van der Waals surface area contributed by atoms with Crippen molar-refractivity contribution in [2.24, 2.45) is 11.8 Å². The van der Waals surface area contributed by atoms with Crippen molar-refractivity contribution >= 4 is 5.91 Å². The molecule has 0 heterocycles. The summed E-state index contributed by atoms with van der Waals surface area (Å²) in [5.41, 5.74) is -0.681. The molecule has 0 aromatic rings. The molecule has 1 aliphatic carbocycles. The first-order chi connectivity index (χ1) is 9.00. The summed E-state index contributed by atoms with van der Waals surface area (Å²) in [5, 5.41) is 16.5. The monoisotopic (exact) mass is 270 g/mol. The molecule has 1 fully saturated rings. The predicted molar refractivity (Wildman–Crippen MR) is 77.9 cm³/mol. The van der Waals surface area contributed by atoms with Crippen LogP contribution in [0.5, 0.6) is 0 Å². The van der Waals surface area contributed by atoms with Gasteiger partial charge in [-0.2, -0.15) is 0 Å². The molecule has 0 radical (unpaired) electrons. The summed E-state index contributed by atoms with van der Waals surface area (Å²) in [6.45, 7) is 8.12. The molecular formula is C15H30N2O2. The number of nitrogens with one attached hydrogen (secondary N) is 2.